The highest BCUT2D eigenvalue weighted by Gasteiger charge is 2.29. The maximum atomic E-state index is 12.8. The van der Waals surface area contributed by atoms with Gasteiger partial charge in [-0.05, 0) is 18.6 Å². The van der Waals surface area contributed by atoms with Crippen LogP contribution in [-0.2, 0) is 4.79 Å². The lowest BCUT2D eigenvalue weighted by atomic mass is 10.2. The molecule has 1 amide bonds. The molecule has 0 aromatic heterocycles. The van der Waals surface area contributed by atoms with Gasteiger partial charge in [0.15, 0.2) is 6.10 Å². The minimum Gasteiger partial charge on any atom is -0.481 e. The van der Waals surface area contributed by atoms with E-state index in [2.05, 4.69) is 5.32 Å². The Morgan fingerprint density at radius 3 is 2.58 bits per heavy atom. The van der Waals surface area contributed by atoms with Crippen molar-refractivity contribution in [1.82, 2.24) is 5.32 Å². The number of halogens is 2. The Morgan fingerprint density at radius 1 is 1.42 bits per heavy atom. The van der Waals surface area contributed by atoms with E-state index in [1.807, 2.05) is 0 Å². The second-order valence-corrected chi connectivity index (χ2v) is 4.06. The zero-order chi connectivity index (χ0) is 14.3. The van der Waals surface area contributed by atoms with Crippen LogP contribution in [0.4, 0.5) is 8.78 Å². The highest BCUT2D eigenvalue weighted by Crippen LogP contribution is 2.13. The second-order valence-electron chi connectivity index (χ2n) is 4.06. The van der Waals surface area contributed by atoms with Crippen molar-refractivity contribution in [3.8, 4) is 5.75 Å². The number of aliphatic hydroxyl groups excluding tert-OH is 1. The number of nitrogens with one attached hydrogen (secondary N) is 1. The van der Waals surface area contributed by atoms with Crippen molar-refractivity contribution >= 4 is 5.91 Å². The van der Waals surface area contributed by atoms with Crippen molar-refractivity contribution in [3.63, 3.8) is 0 Å². The van der Waals surface area contributed by atoms with Crippen molar-refractivity contribution in [3.05, 3.63) is 30.3 Å². The summed E-state index contributed by atoms with van der Waals surface area (Å²) >= 11 is 0. The normalized spacial score (nSPS) is 12.8. The minimum atomic E-state index is -3.32. The van der Waals surface area contributed by atoms with E-state index in [1.165, 1.54) is 0 Å². The van der Waals surface area contributed by atoms with Gasteiger partial charge in [-0.2, -0.15) is 0 Å². The molecule has 1 atom stereocenters. The number of carbonyl (C=O) groups excluding carboxylic acids is 1. The molecule has 4 nitrogen and oxygen atoms in total. The third kappa shape index (κ3) is 5.21. The van der Waals surface area contributed by atoms with Crippen LogP contribution < -0.4 is 10.1 Å². The molecule has 1 aromatic carbocycles. The zero-order valence-electron chi connectivity index (χ0n) is 10.6. The van der Waals surface area contributed by atoms with Crippen LogP contribution in [0.3, 0.4) is 0 Å². The van der Waals surface area contributed by atoms with E-state index in [4.69, 9.17) is 9.84 Å². The van der Waals surface area contributed by atoms with E-state index < -0.39 is 31.1 Å². The molecule has 0 heterocycles. The molecule has 19 heavy (non-hydrogen) atoms. The number of alkyl halides is 2. The lowest BCUT2D eigenvalue weighted by molar-refractivity contribution is -0.130. The first kappa shape index (κ1) is 15.4. The molecule has 1 aromatic rings. The third-order valence-corrected chi connectivity index (χ3v) is 2.44. The summed E-state index contributed by atoms with van der Waals surface area (Å²) in [5.41, 5.74) is 0. The maximum absolute atomic E-state index is 12.8. The molecule has 0 aliphatic rings. The molecule has 2 N–H and O–H groups in total. The van der Waals surface area contributed by atoms with Crippen molar-refractivity contribution in [1.29, 1.82) is 0 Å². The van der Waals surface area contributed by atoms with Gasteiger partial charge in [0.05, 0.1) is 6.54 Å². The summed E-state index contributed by atoms with van der Waals surface area (Å²) in [6, 6.07) is 8.66. The minimum absolute atomic E-state index is 0.353. The number of carbonyl (C=O) groups is 1. The Labute approximate surface area is 110 Å². The van der Waals surface area contributed by atoms with Crippen LogP contribution in [0.2, 0.25) is 0 Å². The summed E-state index contributed by atoms with van der Waals surface area (Å²) in [6.45, 7) is -0.488. The van der Waals surface area contributed by atoms with Gasteiger partial charge >= 0.3 is 0 Å². The predicted octanol–water partition coefficient (Wildman–Crippen LogP) is 1.59. The van der Waals surface area contributed by atoms with E-state index in [0.29, 0.717) is 12.2 Å². The van der Waals surface area contributed by atoms with Crippen molar-refractivity contribution in [2.75, 3.05) is 13.2 Å². The molecule has 106 valence electrons. The lowest BCUT2D eigenvalue weighted by Crippen LogP contribution is -2.44. The topological polar surface area (TPSA) is 58.6 Å². The molecule has 0 saturated carbocycles. The van der Waals surface area contributed by atoms with Gasteiger partial charge in [-0.3, -0.25) is 4.79 Å². The molecule has 1 rings (SSSR count). The van der Waals surface area contributed by atoms with E-state index in [-0.39, 0.29) is 0 Å². The van der Waals surface area contributed by atoms with Crippen LogP contribution in [0.1, 0.15) is 13.3 Å². The van der Waals surface area contributed by atoms with Gasteiger partial charge in [0.25, 0.3) is 11.8 Å². The first-order valence-corrected chi connectivity index (χ1v) is 5.96. The molecule has 0 saturated heterocycles. The Balaban J connectivity index is 2.53. The zero-order valence-corrected chi connectivity index (χ0v) is 10.6. The summed E-state index contributed by atoms with van der Waals surface area (Å²) < 4.78 is 31.0. The highest BCUT2D eigenvalue weighted by atomic mass is 19.3. The number of hydrogen-bond donors (Lipinski definition) is 2. The first-order valence-electron chi connectivity index (χ1n) is 5.96. The van der Waals surface area contributed by atoms with Crippen molar-refractivity contribution in [2.24, 2.45) is 0 Å². The standard InChI is InChI=1S/C13H17F2NO3/c1-2-11(19-10-6-4-3-5-7-10)12(18)16-8-13(14,15)9-17/h3-7,11,17H,2,8-9H2,1H3,(H,16,18). The highest BCUT2D eigenvalue weighted by molar-refractivity contribution is 5.81. The van der Waals surface area contributed by atoms with Gasteiger partial charge in [0.1, 0.15) is 12.4 Å². The van der Waals surface area contributed by atoms with Crippen LogP contribution in [-0.4, -0.2) is 36.2 Å². The molecular weight excluding hydrogens is 256 g/mol. The summed E-state index contributed by atoms with van der Waals surface area (Å²) in [7, 11) is 0. The molecular formula is C13H17F2NO3. The van der Waals surface area contributed by atoms with E-state index in [0.717, 1.165) is 0 Å². The van der Waals surface area contributed by atoms with Gasteiger partial charge in [0, 0.05) is 0 Å². The summed E-state index contributed by atoms with van der Waals surface area (Å²) in [6.07, 6.45) is -0.484. The number of hydrogen-bond acceptors (Lipinski definition) is 3. The summed E-state index contributed by atoms with van der Waals surface area (Å²) in [5.74, 6) is -3.45. The third-order valence-electron chi connectivity index (χ3n) is 2.44. The number of para-hydroxylation sites is 1. The van der Waals surface area contributed by atoms with E-state index >= 15 is 0 Å². The van der Waals surface area contributed by atoms with Gasteiger partial charge < -0.3 is 15.2 Å². The lowest BCUT2D eigenvalue weighted by Gasteiger charge is -2.19. The fourth-order valence-corrected chi connectivity index (χ4v) is 1.37. The summed E-state index contributed by atoms with van der Waals surface area (Å²) in [5, 5.41) is 10.5. The molecule has 0 bridgehead atoms. The van der Waals surface area contributed by atoms with Gasteiger partial charge in [-0.15, -0.1) is 0 Å². The average molecular weight is 273 g/mol. The monoisotopic (exact) mass is 273 g/mol. The van der Waals surface area contributed by atoms with Crippen LogP contribution in [0, 0.1) is 0 Å². The maximum Gasteiger partial charge on any atom is 0.287 e. The van der Waals surface area contributed by atoms with E-state index in [9.17, 15) is 13.6 Å². The van der Waals surface area contributed by atoms with Crippen molar-refractivity contribution < 1.29 is 23.4 Å². The van der Waals surface area contributed by atoms with Crippen LogP contribution in [0.5, 0.6) is 5.75 Å². The molecule has 0 radical (unpaired) electrons. The fraction of sp³-hybridized carbons (Fsp3) is 0.462. The van der Waals surface area contributed by atoms with Crippen LogP contribution >= 0.6 is 0 Å². The Hall–Kier alpha value is -1.69. The molecule has 0 aliphatic heterocycles. The number of rotatable bonds is 7. The predicted molar refractivity (Wildman–Crippen MR) is 66.2 cm³/mol. The second kappa shape index (κ2) is 7.04. The molecule has 0 spiro atoms. The molecule has 6 heteroatoms. The molecule has 0 fully saturated rings. The Kier molecular flexibility index (Phi) is 5.69. The van der Waals surface area contributed by atoms with Crippen LogP contribution in [0.15, 0.2) is 30.3 Å². The van der Waals surface area contributed by atoms with E-state index in [1.54, 1.807) is 37.3 Å². The Morgan fingerprint density at radius 2 is 2.05 bits per heavy atom. The van der Waals surface area contributed by atoms with Crippen molar-refractivity contribution in [2.45, 2.75) is 25.4 Å². The molecule has 1 unspecified atom stereocenters. The quantitative estimate of drug-likeness (QED) is 0.793. The largest absolute Gasteiger partial charge is 0.481 e. The van der Waals surface area contributed by atoms with Crippen LogP contribution in [0.25, 0.3) is 0 Å². The summed E-state index contributed by atoms with van der Waals surface area (Å²) in [4.78, 5) is 11.7. The smallest absolute Gasteiger partial charge is 0.287 e. The van der Waals surface area contributed by atoms with Gasteiger partial charge in [-0.1, -0.05) is 25.1 Å². The first-order chi connectivity index (χ1) is 8.98. The number of amides is 1. The number of benzene rings is 1. The van der Waals surface area contributed by atoms with Gasteiger partial charge in [0.2, 0.25) is 0 Å². The van der Waals surface area contributed by atoms with Gasteiger partial charge in [-0.25, -0.2) is 8.78 Å². The fourth-order valence-electron chi connectivity index (χ4n) is 1.37. The number of ether oxygens (including phenoxy) is 1. The Bertz CT molecular complexity index is 398. The molecule has 0 aliphatic carbocycles. The average Bonchev–Trinajstić information content (AvgIpc) is 2.43. The SMILES string of the molecule is CCC(Oc1ccccc1)C(=O)NCC(F)(F)CO. The number of aliphatic hydroxyl groups is 1.